The Morgan fingerprint density at radius 2 is 1.81 bits per heavy atom. The van der Waals surface area contributed by atoms with E-state index in [0.29, 0.717) is 0 Å². The highest BCUT2D eigenvalue weighted by molar-refractivity contribution is 4.67. The van der Waals surface area contributed by atoms with Crippen molar-refractivity contribution >= 4 is 0 Å². The molecule has 0 unspecified atom stereocenters. The largest absolute Gasteiger partial charge is 0.375 e. The minimum atomic E-state index is 0.00548. The summed E-state index contributed by atoms with van der Waals surface area (Å²) in [7, 11) is 0. The van der Waals surface area contributed by atoms with Gasteiger partial charge in [-0.25, -0.2) is 0 Å². The monoisotopic (exact) mass is 227 g/mol. The van der Waals surface area contributed by atoms with Crippen molar-refractivity contribution < 1.29 is 4.74 Å². The van der Waals surface area contributed by atoms with Crippen LogP contribution in [0.4, 0.5) is 0 Å². The molecule has 0 aromatic rings. The second-order valence-electron chi connectivity index (χ2n) is 6.00. The summed E-state index contributed by atoms with van der Waals surface area (Å²) in [4.78, 5) is 0. The van der Waals surface area contributed by atoms with Crippen molar-refractivity contribution in [2.45, 2.75) is 64.9 Å². The SMILES string of the molecule is CC(C)(C)OCCNCCCC1CCCC1. The van der Waals surface area contributed by atoms with E-state index in [1.165, 1.54) is 38.5 Å². The van der Waals surface area contributed by atoms with E-state index in [9.17, 15) is 0 Å². The van der Waals surface area contributed by atoms with E-state index in [4.69, 9.17) is 4.74 Å². The molecule has 0 heterocycles. The molecule has 0 amide bonds. The van der Waals surface area contributed by atoms with Gasteiger partial charge in [0.1, 0.15) is 0 Å². The van der Waals surface area contributed by atoms with E-state index in [0.717, 1.165) is 25.6 Å². The summed E-state index contributed by atoms with van der Waals surface area (Å²) >= 11 is 0. The quantitative estimate of drug-likeness (QED) is 0.673. The molecular weight excluding hydrogens is 198 g/mol. The van der Waals surface area contributed by atoms with Crippen molar-refractivity contribution in [2.24, 2.45) is 5.92 Å². The Bertz CT molecular complexity index is 168. The summed E-state index contributed by atoms with van der Waals surface area (Å²) in [6.07, 6.45) is 8.66. The van der Waals surface area contributed by atoms with Crippen molar-refractivity contribution in [3.05, 3.63) is 0 Å². The highest BCUT2D eigenvalue weighted by Gasteiger charge is 2.13. The van der Waals surface area contributed by atoms with Crippen LogP contribution in [0.1, 0.15) is 59.3 Å². The summed E-state index contributed by atoms with van der Waals surface area (Å²) < 4.78 is 5.65. The van der Waals surface area contributed by atoms with Gasteiger partial charge in [0.2, 0.25) is 0 Å². The zero-order valence-corrected chi connectivity index (χ0v) is 11.3. The van der Waals surface area contributed by atoms with Crippen molar-refractivity contribution in [1.82, 2.24) is 5.32 Å². The maximum absolute atomic E-state index is 5.65. The molecule has 0 saturated heterocycles. The lowest BCUT2D eigenvalue weighted by Crippen LogP contribution is -2.27. The van der Waals surface area contributed by atoms with Gasteiger partial charge in [-0.05, 0) is 46.1 Å². The summed E-state index contributed by atoms with van der Waals surface area (Å²) in [6, 6.07) is 0. The van der Waals surface area contributed by atoms with Crippen LogP contribution in [-0.4, -0.2) is 25.3 Å². The minimum Gasteiger partial charge on any atom is -0.375 e. The molecule has 1 aliphatic carbocycles. The first-order valence-electron chi connectivity index (χ1n) is 6.92. The molecule has 1 saturated carbocycles. The molecule has 0 aromatic carbocycles. The third-order valence-corrected chi connectivity index (χ3v) is 3.25. The fraction of sp³-hybridized carbons (Fsp3) is 1.00. The molecule has 16 heavy (non-hydrogen) atoms. The van der Waals surface area contributed by atoms with Gasteiger partial charge < -0.3 is 10.1 Å². The topological polar surface area (TPSA) is 21.3 Å². The van der Waals surface area contributed by atoms with Crippen molar-refractivity contribution in [3.8, 4) is 0 Å². The first-order chi connectivity index (χ1) is 7.58. The first-order valence-corrected chi connectivity index (χ1v) is 6.92. The van der Waals surface area contributed by atoms with Gasteiger partial charge in [-0.15, -0.1) is 0 Å². The lowest BCUT2D eigenvalue weighted by molar-refractivity contribution is -0.000771. The summed E-state index contributed by atoms with van der Waals surface area (Å²) in [5.41, 5.74) is 0.00548. The molecule has 0 aliphatic heterocycles. The fourth-order valence-corrected chi connectivity index (χ4v) is 2.37. The van der Waals surface area contributed by atoms with Crippen molar-refractivity contribution in [3.63, 3.8) is 0 Å². The number of hydrogen-bond acceptors (Lipinski definition) is 2. The fourth-order valence-electron chi connectivity index (χ4n) is 2.37. The number of ether oxygens (including phenoxy) is 1. The van der Waals surface area contributed by atoms with Crippen LogP contribution in [0.5, 0.6) is 0 Å². The molecule has 0 atom stereocenters. The van der Waals surface area contributed by atoms with E-state index < -0.39 is 0 Å². The molecule has 2 heteroatoms. The lowest BCUT2D eigenvalue weighted by atomic mass is 10.0. The van der Waals surface area contributed by atoms with Gasteiger partial charge in [-0.3, -0.25) is 0 Å². The van der Waals surface area contributed by atoms with Gasteiger partial charge in [-0.1, -0.05) is 25.7 Å². The predicted molar refractivity (Wildman–Crippen MR) is 69.8 cm³/mol. The normalized spacial score (nSPS) is 18.2. The third kappa shape index (κ3) is 7.24. The van der Waals surface area contributed by atoms with Crippen LogP contribution >= 0.6 is 0 Å². The first kappa shape index (κ1) is 14.0. The highest BCUT2D eigenvalue weighted by atomic mass is 16.5. The van der Waals surface area contributed by atoms with Gasteiger partial charge in [-0.2, -0.15) is 0 Å². The standard InChI is InChI=1S/C14H29NO/c1-14(2,3)16-12-11-15-10-6-9-13-7-4-5-8-13/h13,15H,4-12H2,1-3H3. The van der Waals surface area contributed by atoms with E-state index in [2.05, 4.69) is 26.1 Å². The Kier molecular flexibility index (Phi) is 6.37. The molecule has 1 N–H and O–H groups in total. The van der Waals surface area contributed by atoms with E-state index in [-0.39, 0.29) is 5.60 Å². The minimum absolute atomic E-state index is 0.00548. The predicted octanol–water partition coefficient (Wildman–Crippen LogP) is 3.36. The van der Waals surface area contributed by atoms with Crippen LogP contribution in [0, 0.1) is 5.92 Å². The molecule has 0 spiro atoms. The molecule has 2 nitrogen and oxygen atoms in total. The highest BCUT2D eigenvalue weighted by Crippen LogP contribution is 2.28. The van der Waals surface area contributed by atoms with Crippen LogP contribution in [0.3, 0.4) is 0 Å². The van der Waals surface area contributed by atoms with Crippen LogP contribution in [-0.2, 0) is 4.74 Å². The van der Waals surface area contributed by atoms with Gasteiger partial charge in [0.25, 0.3) is 0 Å². The molecule has 0 bridgehead atoms. The van der Waals surface area contributed by atoms with Crippen LogP contribution in [0.2, 0.25) is 0 Å². The average molecular weight is 227 g/mol. The molecule has 1 fully saturated rings. The maximum Gasteiger partial charge on any atom is 0.0599 e. The van der Waals surface area contributed by atoms with Crippen LogP contribution in [0.15, 0.2) is 0 Å². The third-order valence-electron chi connectivity index (χ3n) is 3.25. The number of nitrogens with one attached hydrogen (secondary N) is 1. The lowest BCUT2D eigenvalue weighted by Gasteiger charge is -2.19. The van der Waals surface area contributed by atoms with Crippen molar-refractivity contribution in [2.75, 3.05) is 19.7 Å². The molecule has 0 aromatic heterocycles. The Labute approximate surface area is 101 Å². The van der Waals surface area contributed by atoms with Gasteiger partial charge in [0, 0.05) is 6.54 Å². The zero-order valence-electron chi connectivity index (χ0n) is 11.3. The Morgan fingerprint density at radius 3 is 2.44 bits per heavy atom. The summed E-state index contributed by atoms with van der Waals surface area (Å²) in [5.74, 6) is 1.03. The zero-order chi connectivity index (χ0) is 11.9. The van der Waals surface area contributed by atoms with Crippen LogP contribution in [0.25, 0.3) is 0 Å². The van der Waals surface area contributed by atoms with E-state index in [1.54, 1.807) is 0 Å². The Hall–Kier alpha value is -0.0800. The van der Waals surface area contributed by atoms with E-state index in [1.807, 2.05) is 0 Å². The summed E-state index contributed by atoms with van der Waals surface area (Å²) in [6.45, 7) is 9.28. The molecular formula is C14H29NO. The number of rotatable bonds is 7. The molecule has 0 radical (unpaired) electrons. The second-order valence-corrected chi connectivity index (χ2v) is 6.00. The van der Waals surface area contributed by atoms with Gasteiger partial charge in [0.05, 0.1) is 12.2 Å². The molecule has 96 valence electrons. The van der Waals surface area contributed by atoms with Crippen molar-refractivity contribution in [1.29, 1.82) is 0 Å². The summed E-state index contributed by atoms with van der Waals surface area (Å²) in [5, 5.41) is 3.46. The molecule has 1 aliphatic rings. The Morgan fingerprint density at radius 1 is 1.12 bits per heavy atom. The second kappa shape index (κ2) is 7.29. The van der Waals surface area contributed by atoms with Gasteiger partial charge in [0.15, 0.2) is 0 Å². The number of hydrogen-bond donors (Lipinski definition) is 1. The molecule has 1 rings (SSSR count). The smallest absolute Gasteiger partial charge is 0.0599 e. The average Bonchev–Trinajstić information content (AvgIpc) is 2.67. The Balaban J connectivity index is 1.81. The van der Waals surface area contributed by atoms with Crippen LogP contribution < -0.4 is 5.32 Å². The maximum atomic E-state index is 5.65. The van der Waals surface area contributed by atoms with E-state index >= 15 is 0 Å². The van der Waals surface area contributed by atoms with Gasteiger partial charge >= 0.3 is 0 Å².